The molecule has 128 heavy (non-hydrogen) atoms. The van der Waals surface area contributed by atoms with Crippen LogP contribution >= 0.6 is 0 Å². The molecule has 0 unspecified atom stereocenters. The molecule has 0 heterocycles. The third-order valence-corrected chi connectivity index (χ3v) is 122. The van der Waals surface area contributed by atoms with Crippen LogP contribution in [0.1, 0.15) is 39.0 Å². The van der Waals surface area contributed by atoms with Gasteiger partial charge in [0.1, 0.15) is 0 Å². The van der Waals surface area contributed by atoms with Crippen LogP contribution in [0.25, 0.3) is 0 Å². The highest BCUT2D eigenvalue weighted by molar-refractivity contribution is 6.98. The van der Waals surface area contributed by atoms with Gasteiger partial charge in [0.25, 0.3) is 0 Å². The lowest BCUT2D eigenvalue weighted by atomic mass is 10.2. The zero-order valence-corrected chi connectivity index (χ0v) is 118. The summed E-state index contributed by atoms with van der Waals surface area (Å²) in [6.45, 7) is 120. The highest BCUT2D eigenvalue weighted by Gasteiger charge is 2.57. The molecule has 0 bridgehead atoms. The largest absolute Gasteiger partial charge is 0.513 e. The summed E-state index contributed by atoms with van der Waals surface area (Å²) in [6, 6.07) is 1.81. The lowest BCUT2D eigenvalue weighted by Crippen LogP contribution is -2.63. The van der Waals surface area contributed by atoms with Gasteiger partial charge in [-0.2, -0.15) is 0 Å². The van der Waals surface area contributed by atoms with Gasteiger partial charge in [-0.15, -0.1) is 6.58 Å². The monoisotopic (exact) mass is 2280 g/mol. The van der Waals surface area contributed by atoms with Gasteiger partial charge in [0.05, 0.1) is 20.0 Å². The molecule has 0 aliphatic rings. The van der Waals surface area contributed by atoms with Gasteiger partial charge in [0.2, 0.25) is 0 Å². The first-order chi connectivity index (χ1) is 55.7. The maximum absolute atomic E-state index is 11.7. The molecule has 0 atom stereocenters. The van der Waals surface area contributed by atoms with Crippen molar-refractivity contribution in [2.75, 3.05) is 13.7 Å². The van der Waals surface area contributed by atoms with E-state index in [1.54, 1.807) is 6.08 Å². The first kappa shape index (κ1) is 133. The summed E-state index contributed by atoms with van der Waals surface area (Å²) in [6.07, 6.45) is 5.69. The molecular formula is C70H190O31Si27. The van der Waals surface area contributed by atoms with Gasteiger partial charge in [-0.1, -0.05) is 25.5 Å². The summed E-state index contributed by atoms with van der Waals surface area (Å²) in [5, 5.41) is 0. The predicted molar refractivity (Wildman–Crippen MR) is 583 cm³/mol. The lowest BCUT2D eigenvalue weighted by molar-refractivity contribution is -0.140. The highest BCUT2D eigenvalue weighted by atomic mass is 28.6. The molecule has 31 nitrogen and oxygen atoms in total. The summed E-state index contributed by atoms with van der Waals surface area (Å²) in [5.41, 5.74) is 0. The Morgan fingerprint density at radius 2 is 0.336 bits per heavy atom. The minimum Gasteiger partial charge on any atom is -0.469 e. The number of hydrogen-bond acceptors (Lipinski definition) is 31. The van der Waals surface area contributed by atoms with Gasteiger partial charge in [0.15, 0.2) is 16.6 Å². The summed E-state index contributed by atoms with van der Waals surface area (Å²) < 4.78 is 196. The van der Waals surface area contributed by atoms with E-state index in [1.807, 2.05) is 256 Å². The maximum Gasteiger partial charge on any atom is 0.513 e. The third-order valence-electron chi connectivity index (χ3n) is 16.1. The van der Waals surface area contributed by atoms with Crippen molar-refractivity contribution in [2.45, 2.75) is 405 Å². The number of ether oxygens (including phenoxy) is 3. The molecule has 0 radical (unpaired) electrons. The second-order valence-corrected chi connectivity index (χ2v) is 144. The van der Waals surface area contributed by atoms with Crippen molar-refractivity contribution >= 4 is 243 Å². The van der Waals surface area contributed by atoms with Gasteiger partial charge < -0.3 is 121 Å². The molecule has 0 aromatic rings. The Bertz CT molecular complexity index is 3380. The highest BCUT2D eigenvalue weighted by Crippen LogP contribution is 2.38. The normalized spacial score (nSPS) is 15.3. The van der Waals surface area contributed by atoms with Gasteiger partial charge >= 0.3 is 226 Å². The number of allylic oxidation sites excluding steroid dienone is 1. The standard InChI is InChI=1S/C67H184O31Si27.C3H6/c1-57-71-67(69)72-63-59-61-65-100(5,6)74-102(9,10)76-104(13,14)78-106(17,18)80-108(21,22)82-110(25,26)84-112(29,30)86-114(33,34)88-116(37,38)90-118(41,42)92-120(45,46)94-122(49,50)96-124(53,54)98-125(55,56)97-123(51,52)95-121(47,48)93-119(43,44)91-117(39,40)89-115(35,36)87-113(31,32)85-111(27,28)83-109(23,24)81-107(19,20)79-105(15,16)77-103(11,12)75-101(7,8)73-99(3,4)64-60-58-62-66(68)70-2;1-3-2/h57H,1,58-65H2,2-56H3;3H,1H2,2H3. The van der Waals surface area contributed by atoms with Crippen LogP contribution in [0.2, 0.25) is 366 Å². The van der Waals surface area contributed by atoms with E-state index in [2.05, 4.69) is 123 Å². The Balaban J connectivity index is 0. The molecule has 58 heteroatoms. The minimum atomic E-state index is -2.95. The Kier molecular flexibility index (Phi) is 51.0. The van der Waals surface area contributed by atoms with Crippen molar-refractivity contribution in [3.8, 4) is 0 Å². The van der Waals surface area contributed by atoms with Crippen LogP contribution in [0.4, 0.5) is 4.79 Å². The first-order valence-electron chi connectivity index (χ1n) is 45.0. The van der Waals surface area contributed by atoms with E-state index in [0.717, 1.165) is 37.6 Å². The quantitative estimate of drug-likeness (QED) is 0.0180. The third kappa shape index (κ3) is 64.5. The number of carbonyl (C=O) groups excluding carboxylic acids is 2. The van der Waals surface area contributed by atoms with Crippen LogP contribution in [0.15, 0.2) is 25.5 Å². The molecule has 0 aliphatic heterocycles. The van der Waals surface area contributed by atoms with Gasteiger partial charge in [0, 0.05) is 6.42 Å². The second kappa shape index (κ2) is 49.1. The molecule has 0 aromatic heterocycles. The molecule has 764 valence electrons. The van der Waals surface area contributed by atoms with E-state index in [4.69, 9.17) is 116 Å². The molecule has 0 saturated heterocycles. The molecule has 0 fully saturated rings. The number of methoxy groups -OCH3 is 1. The molecule has 0 rings (SSSR count). The molecular weight excluding hydrogens is 2100 g/mol. The summed E-state index contributed by atoms with van der Waals surface area (Å²) in [7, 11) is -74.8. The lowest BCUT2D eigenvalue weighted by Gasteiger charge is -2.45. The van der Waals surface area contributed by atoms with Crippen LogP contribution in [0.5, 0.6) is 0 Å². The van der Waals surface area contributed by atoms with Crippen molar-refractivity contribution in [1.29, 1.82) is 0 Å². The van der Waals surface area contributed by atoms with Crippen LogP contribution in [-0.4, -0.2) is 256 Å². The fourth-order valence-electron chi connectivity index (χ4n) is 18.0. The van der Waals surface area contributed by atoms with Crippen LogP contribution in [-0.2, 0) is 126 Å². The summed E-state index contributed by atoms with van der Waals surface area (Å²) in [5.74, 6) is -0.184. The zero-order valence-electron chi connectivity index (χ0n) is 91.4. The second-order valence-electron chi connectivity index (χ2n) is 45.2. The number of carbonyl (C=O) groups is 2. The van der Waals surface area contributed by atoms with E-state index in [1.165, 1.54) is 7.11 Å². The van der Waals surface area contributed by atoms with Crippen molar-refractivity contribution < 1.29 is 131 Å². The van der Waals surface area contributed by atoms with E-state index in [9.17, 15) is 9.59 Å². The number of rotatable bonds is 63. The Morgan fingerprint density at radius 3 is 0.461 bits per heavy atom. The number of unbranched alkanes of at least 4 members (excludes halogenated alkanes) is 2. The fraction of sp³-hybridized carbons (Fsp3) is 0.914. The Morgan fingerprint density at radius 1 is 0.211 bits per heavy atom. The molecule has 0 saturated carbocycles. The van der Waals surface area contributed by atoms with Crippen molar-refractivity contribution in [2.24, 2.45) is 0 Å². The molecule has 0 spiro atoms. The predicted octanol–water partition coefficient (Wildman–Crippen LogP) is 24.0. The molecule has 0 aromatic carbocycles. The topological polar surface area (TPSA) is 302 Å². The maximum atomic E-state index is 11.7. The van der Waals surface area contributed by atoms with Gasteiger partial charge in [-0.3, -0.25) is 4.79 Å². The van der Waals surface area contributed by atoms with E-state index in [-0.39, 0.29) is 12.6 Å². The number of esters is 1. The van der Waals surface area contributed by atoms with Crippen LogP contribution in [0.3, 0.4) is 0 Å². The Labute approximate surface area is 810 Å². The smallest absolute Gasteiger partial charge is 0.469 e. The molecule has 0 amide bonds. The SMILES string of the molecule is C=CC.C=COC(=O)OCCCC[Si](C)(C)O[Si](C)(C)O[Si](C)(C)O[Si](C)(C)O[Si](C)(C)O[Si](C)(C)O[Si](C)(C)O[Si](C)(C)O[Si](C)(C)O[Si](C)(C)O[Si](C)(C)O[Si](C)(C)O[Si](C)(C)O[Si](C)(C)O[Si](C)(C)O[Si](C)(C)O[Si](C)(C)O[Si](C)(C)O[Si](C)(C)O[Si](C)(C)O[Si](C)(C)O[Si](C)(C)O[Si](C)(C)O[Si](C)(C)O[Si](C)(C)O[Si](C)(C)O[Si](C)(C)CCCCC(=O)OC. The first-order valence-corrected chi connectivity index (χ1v) is 122. The van der Waals surface area contributed by atoms with Crippen molar-refractivity contribution in [1.82, 2.24) is 0 Å². The average Bonchev–Trinajstić information content (AvgIpc) is 0.795. The molecule has 0 N–H and O–H groups in total. The van der Waals surface area contributed by atoms with E-state index >= 15 is 0 Å². The van der Waals surface area contributed by atoms with Crippen molar-refractivity contribution in [3.05, 3.63) is 25.5 Å². The Hall–Kier alpha value is 3.04. The van der Waals surface area contributed by atoms with E-state index < -0.39 is 237 Å². The van der Waals surface area contributed by atoms with Crippen LogP contribution < -0.4 is 0 Å². The summed E-state index contributed by atoms with van der Waals surface area (Å²) >= 11 is 0. The van der Waals surface area contributed by atoms with E-state index in [0.29, 0.717) is 12.8 Å². The van der Waals surface area contributed by atoms with Crippen molar-refractivity contribution in [3.63, 3.8) is 0 Å². The zero-order chi connectivity index (χ0) is 102. The molecule has 0 aliphatic carbocycles. The van der Waals surface area contributed by atoms with Crippen LogP contribution in [0, 0.1) is 0 Å². The average molecular weight is 2290 g/mol. The number of hydrogen-bond donors (Lipinski definition) is 0. The summed E-state index contributed by atoms with van der Waals surface area (Å²) in [4.78, 5) is 23.2. The van der Waals surface area contributed by atoms with Gasteiger partial charge in [-0.25, -0.2) is 4.79 Å². The fourth-order valence-corrected chi connectivity index (χ4v) is 159. The minimum absolute atomic E-state index is 0.184. The van der Waals surface area contributed by atoms with Gasteiger partial charge in [-0.05, 0) is 385 Å².